The molecular formula is C17H26N4O2. The Bertz CT molecular complexity index is 577. The second-order valence-corrected chi connectivity index (χ2v) is 7.09. The summed E-state index contributed by atoms with van der Waals surface area (Å²) in [6, 6.07) is 1.94. The van der Waals surface area contributed by atoms with Crippen molar-refractivity contribution in [3.63, 3.8) is 0 Å². The van der Waals surface area contributed by atoms with Crippen LogP contribution < -0.4 is 5.32 Å². The molecule has 2 atom stereocenters. The van der Waals surface area contributed by atoms with Crippen LogP contribution in [0.1, 0.15) is 50.5 Å². The predicted molar refractivity (Wildman–Crippen MR) is 86.7 cm³/mol. The van der Waals surface area contributed by atoms with Crippen LogP contribution in [-0.2, 0) is 11.3 Å². The standard InChI is InChI=1S/C17H26N4O2/c1-12(2)15-18-8-4-13(20-15)10-21-9-5-14(22)17(11-21)6-3-7-19-16(17)23/h4,8,12,14,22H,3,5-7,9-11H2,1-2H3,(H,19,23)/t14-,17-/m1/s1. The number of aromatic nitrogens is 2. The maximum Gasteiger partial charge on any atom is 0.230 e. The molecule has 1 amide bonds. The summed E-state index contributed by atoms with van der Waals surface area (Å²) in [6.45, 7) is 6.97. The summed E-state index contributed by atoms with van der Waals surface area (Å²) in [6.07, 6.45) is 3.59. The molecule has 0 saturated carbocycles. The lowest BCUT2D eigenvalue weighted by atomic mass is 9.71. The molecule has 1 aromatic rings. The minimum atomic E-state index is -0.648. The lowest BCUT2D eigenvalue weighted by Crippen LogP contribution is -2.61. The van der Waals surface area contributed by atoms with Gasteiger partial charge >= 0.3 is 0 Å². The van der Waals surface area contributed by atoms with Gasteiger partial charge in [0.05, 0.1) is 17.2 Å². The van der Waals surface area contributed by atoms with Gasteiger partial charge in [-0.3, -0.25) is 9.69 Å². The van der Waals surface area contributed by atoms with Crippen molar-refractivity contribution in [1.29, 1.82) is 0 Å². The average molecular weight is 318 g/mol. The van der Waals surface area contributed by atoms with Gasteiger partial charge in [0.15, 0.2) is 0 Å². The number of hydrogen-bond acceptors (Lipinski definition) is 5. The zero-order chi connectivity index (χ0) is 16.4. The molecule has 1 spiro atoms. The van der Waals surface area contributed by atoms with Crippen LogP contribution in [0.15, 0.2) is 12.3 Å². The molecule has 126 valence electrons. The Morgan fingerprint density at radius 3 is 3.09 bits per heavy atom. The van der Waals surface area contributed by atoms with Crippen LogP contribution in [0.4, 0.5) is 0 Å². The molecule has 23 heavy (non-hydrogen) atoms. The highest BCUT2D eigenvalue weighted by atomic mass is 16.3. The minimum Gasteiger partial charge on any atom is -0.392 e. The Labute approximate surface area is 137 Å². The fourth-order valence-corrected chi connectivity index (χ4v) is 3.67. The summed E-state index contributed by atoms with van der Waals surface area (Å²) in [5.41, 5.74) is 0.330. The molecule has 2 saturated heterocycles. The number of likely N-dealkylation sites (tertiary alicyclic amines) is 1. The molecule has 6 heteroatoms. The molecule has 2 N–H and O–H groups in total. The SMILES string of the molecule is CC(C)c1nccc(CN2CC[C@@H](O)[C@@]3(CCCNC3=O)C2)n1. The predicted octanol–water partition coefficient (Wildman–Crippen LogP) is 1.06. The van der Waals surface area contributed by atoms with E-state index < -0.39 is 11.5 Å². The van der Waals surface area contributed by atoms with Gasteiger partial charge in [0.25, 0.3) is 0 Å². The van der Waals surface area contributed by atoms with Gasteiger partial charge in [0.2, 0.25) is 5.91 Å². The van der Waals surface area contributed by atoms with Gasteiger partial charge in [-0.2, -0.15) is 0 Å². The molecule has 0 aliphatic carbocycles. The van der Waals surface area contributed by atoms with E-state index in [-0.39, 0.29) is 5.91 Å². The summed E-state index contributed by atoms with van der Waals surface area (Å²) in [4.78, 5) is 23.6. The van der Waals surface area contributed by atoms with E-state index in [0.29, 0.717) is 25.4 Å². The van der Waals surface area contributed by atoms with Crippen molar-refractivity contribution in [3.05, 3.63) is 23.8 Å². The summed E-state index contributed by atoms with van der Waals surface area (Å²) >= 11 is 0. The Hall–Kier alpha value is -1.53. The third-order valence-electron chi connectivity index (χ3n) is 5.03. The van der Waals surface area contributed by atoms with E-state index in [9.17, 15) is 9.90 Å². The number of aliphatic hydroxyl groups is 1. The number of amides is 1. The first-order chi connectivity index (χ1) is 11.0. The van der Waals surface area contributed by atoms with Gasteiger partial charge in [-0.05, 0) is 25.3 Å². The normalized spacial score (nSPS) is 29.0. The highest BCUT2D eigenvalue weighted by Crippen LogP contribution is 2.37. The van der Waals surface area contributed by atoms with Crippen molar-refractivity contribution in [1.82, 2.24) is 20.2 Å². The highest BCUT2D eigenvalue weighted by molar-refractivity contribution is 5.84. The van der Waals surface area contributed by atoms with Crippen molar-refractivity contribution < 1.29 is 9.90 Å². The molecule has 0 bridgehead atoms. The Morgan fingerprint density at radius 2 is 2.35 bits per heavy atom. The quantitative estimate of drug-likeness (QED) is 0.871. The van der Waals surface area contributed by atoms with Crippen LogP contribution in [0.25, 0.3) is 0 Å². The van der Waals surface area contributed by atoms with Crippen molar-refractivity contribution in [3.8, 4) is 0 Å². The van der Waals surface area contributed by atoms with Crippen LogP contribution in [0, 0.1) is 5.41 Å². The number of carbonyl (C=O) groups is 1. The van der Waals surface area contributed by atoms with E-state index in [1.54, 1.807) is 6.20 Å². The first-order valence-corrected chi connectivity index (χ1v) is 8.52. The second-order valence-electron chi connectivity index (χ2n) is 7.09. The van der Waals surface area contributed by atoms with Gasteiger partial charge in [-0.1, -0.05) is 13.8 Å². The Balaban J connectivity index is 1.74. The number of carbonyl (C=O) groups excluding carboxylic acids is 1. The molecule has 6 nitrogen and oxygen atoms in total. The van der Waals surface area contributed by atoms with Crippen molar-refractivity contribution in [2.24, 2.45) is 5.41 Å². The maximum absolute atomic E-state index is 12.4. The largest absolute Gasteiger partial charge is 0.392 e. The van der Waals surface area contributed by atoms with Gasteiger partial charge in [-0.25, -0.2) is 9.97 Å². The molecule has 3 heterocycles. The van der Waals surface area contributed by atoms with Gasteiger partial charge in [0, 0.05) is 38.3 Å². The molecule has 1 aromatic heterocycles. The minimum absolute atomic E-state index is 0.00602. The van der Waals surface area contributed by atoms with Gasteiger partial charge in [0.1, 0.15) is 5.82 Å². The van der Waals surface area contributed by atoms with Crippen LogP contribution in [0.2, 0.25) is 0 Å². The van der Waals surface area contributed by atoms with Gasteiger partial charge in [-0.15, -0.1) is 0 Å². The average Bonchev–Trinajstić information content (AvgIpc) is 2.54. The van der Waals surface area contributed by atoms with E-state index in [0.717, 1.165) is 37.4 Å². The highest BCUT2D eigenvalue weighted by Gasteiger charge is 2.49. The number of piperidine rings is 2. The van der Waals surface area contributed by atoms with E-state index in [1.807, 2.05) is 6.07 Å². The van der Waals surface area contributed by atoms with Crippen LogP contribution in [-0.4, -0.2) is 51.6 Å². The fourth-order valence-electron chi connectivity index (χ4n) is 3.67. The fraction of sp³-hybridized carbons (Fsp3) is 0.706. The maximum atomic E-state index is 12.4. The number of rotatable bonds is 3. The summed E-state index contributed by atoms with van der Waals surface area (Å²) < 4.78 is 0. The molecular weight excluding hydrogens is 292 g/mol. The monoisotopic (exact) mass is 318 g/mol. The molecule has 0 radical (unpaired) electrons. The zero-order valence-corrected chi connectivity index (χ0v) is 14.0. The summed E-state index contributed by atoms with van der Waals surface area (Å²) in [7, 11) is 0. The van der Waals surface area contributed by atoms with Crippen LogP contribution in [0.3, 0.4) is 0 Å². The molecule has 2 fully saturated rings. The van der Waals surface area contributed by atoms with Crippen LogP contribution >= 0.6 is 0 Å². The first kappa shape index (κ1) is 16.3. The molecule has 0 aromatic carbocycles. The van der Waals surface area contributed by atoms with E-state index in [2.05, 4.69) is 34.0 Å². The van der Waals surface area contributed by atoms with Crippen molar-refractivity contribution in [2.75, 3.05) is 19.6 Å². The molecule has 2 aliphatic heterocycles. The van der Waals surface area contributed by atoms with E-state index >= 15 is 0 Å². The lowest BCUT2D eigenvalue weighted by molar-refractivity contribution is -0.149. The van der Waals surface area contributed by atoms with Crippen molar-refractivity contribution in [2.45, 2.75) is 51.7 Å². The third kappa shape index (κ3) is 3.23. The molecule has 3 rings (SSSR count). The molecule has 2 aliphatic rings. The molecule has 0 unspecified atom stereocenters. The topological polar surface area (TPSA) is 78.4 Å². The number of aliphatic hydroxyl groups excluding tert-OH is 1. The van der Waals surface area contributed by atoms with Crippen molar-refractivity contribution >= 4 is 5.91 Å². The van der Waals surface area contributed by atoms with E-state index in [1.165, 1.54) is 0 Å². The smallest absolute Gasteiger partial charge is 0.230 e. The third-order valence-corrected chi connectivity index (χ3v) is 5.03. The first-order valence-electron chi connectivity index (χ1n) is 8.52. The Kier molecular flexibility index (Phi) is 4.64. The number of nitrogens with one attached hydrogen (secondary N) is 1. The lowest BCUT2D eigenvalue weighted by Gasteiger charge is -2.46. The second kappa shape index (κ2) is 6.53. The van der Waals surface area contributed by atoms with Crippen LogP contribution in [0.5, 0.6) is 0 Å². The number of hydrogen-bond donors (Lipinski definition) is 2. The Morgan fingerprint density at radius 1 is 1.52 bits per heavy atom. The van der Waals surface area contributed by atoms with E-state index in [4.69, 9.17) is 0 Å². The van der Waals surface area contributed by atoms with Gasteiger partial charge < -0.3 is 10.4 Å². The summed E-state index contributed by atoms with van der Waals surface area (Å²) in [5.74, 6) is 1.16. The zero-order valence-electron chi connectivity index (χ0n) is 14.0. The summed E-state index contributed by atoms with van der Waals surface area (Å²) in [5, 5.41) is 13.4. The number of nitrogens with zero attached hydrogens (tertiary/aromatic N) is 3.